The number of methoxy groups -OCH3 is 1. The van der Waals surface area contributed by atoms with Crippen LogP contribution in [0.4, 0.5) is 5.82 Å². The minimum Gasteiger partial charge on any atom is -0.385 e. The zero-order valence-corrected chi connectivity index (χ0v) is 18.5. The lowest BCUT2D eigenvalue weighted by molar-refractivity contribution is -0.119. The highest BCUT2D eigenvalue weighted by Gasteiger charge is 2.27. The molecule has 1 amide bonds. The maximum atomic E-state index is 12.5. The second-order valence-electron chi connectivity index (χ2n) is 7.99. The molecule has 0 fully saturated rings. The van der Waals surface area contributed by atoms with E-state index in [-0.39, 0.29) is 5.91 Å². The van der Waals surface area contributed by atoms with Crippen LogP contribution in [0.2, 0.25) is 0 Å². The van der Waals surface area contributed by atoms with Gasteiger partial charge >= 0.3 is 0 Å². The Hall–Kier alpha value is -2.57. The summed E-state index contributed by atoms with van der Waals surface area (Å²) >= 11 is 0. The van der Waals surface area contributed by atoms with Crippen molar-refractivity contribution in [3.8, 4) is 0 Å². The molecule has 0 aliphatic carbocycles. The Bertz CT molecular complexity index is 896. The van der Waals surface area contributed by atoms with Gasteiger partial charge in [-0.05, 0) is 39.3 Å². The first-order valence-corrected chi connectivity index (χ1v) is 10.5. The summed E-state index contributed by atoms with van der Waals surface area (Å²) in [4.78, 5) is 26.1. The van der Waals surface area contributed by atoms with Crippen LogP contribution in [-0.2, 0) is 22.5 Å². The van der Waals surface area contributed by atoms with Gasteiger partial charge in [0.1, 0.15) is 11.6 Å². The number of benzene rings is 1. The van der Waals surface area contributed by atoms with Crippen LogP contribution in [-0.4, -0.2) is 54.6 Å². The van der Waals surface area contributed by atoms with Gasteiger partial charge in [-0.1, -0.05) is 42.0 Å². The first-order valence-electron chi connectivity index (χ1n) is 10.5. The van der Waals surface area contributed by atoms with Crippen molar-refractivity contribution in [2.75, 3.05) is 38.8 Å². The van der Waals surface area contributed by atoms with Crippen LogP contribution in [0.1, 0.15) is 42.4 Å². The average molecular weight is 409 g/mol. The predicted molar refractivity (Wildman–Crippen MR) is 120 cm³/mol. The van der Waals surface area contributed by atoms with Gasteiger partial charge in [0.2, 0.25) is 5.91 Å². The second-order valence-corrected chi connectivity index (χ2v) is 7.99. The number of fused-ring (bicyclic) bond motifs is 1. The summed E-state index contributed by atoms with van der Waals surface area (Å²) in [7, 11) is 3.75. The van der Waals surface area contributed by atoms with Crippen molar-refractivity contribution in [2.45, 2.75) is 39.7 Å². The number of hydrogen-bond acceptors (Lipinski definition) is 5. The molecule has 0 saturated heterocycles. The Labute approximate surface area is 179 Å². The molecule has 0 saturated carbocycles. The molecular formula is C24H32N4O2. The van der Waals surface area contributed by atoms with Crippen LogP contribution in [0, 0.1) is 6.92 Å². The van der Waals surface area contributed by atoms with Crippen LogP contribution < -0.4 is 4.90 Å². The SMILES string of the molecule is COCCCN1C(=O)CCc2c(C)nc(CN(C)C/C(C)=C/c3ccccc3)nc21. The number of rotatable bonds is 9. The van der Waals surface area contributed by atoms with Crippen molar-refractivity contribution >= 4 is 17.8 Å². The quantitative estimate of drug-likeness (QED) is 0.593. The molecule has 160 valence electrons. The predicted octanol–water partition coefficient (Wildman–Crippen LogP) is 3.64. The molecule has 30 heavy (non-hydrogen) atoms. The first kappa shape index (κ1) is 22.1. The smallest absolute Gasteiger partial charge is 0.228 e. The van der Waals surface area contributed by atoms with Crippen molar-refractivity contribution in [3.63, 3.8) is 0 Å². The molecule has 0 spiro atoms. The Morgan fingerprint density at radius 2 is 2.00 bits per heavy atom. The van der Waals surface area contributed by atoms with Gasteiger partial charge in [0, 0.05) is 44.5 Å². The van der Waals surface area contributed by atoms with E-state index < -0.39 is 0 Å². The largest absolute Gasteiger partial charge is 0.385 e. The number of aryl methyl sites for hydroxylation is 1. The number of likely N-dealkylation sites (N-methyl/N-ethyl adjacent to an activating group) is 1. The normalized spacial score (nSPS) is 14.4. The van der Waals surface area contributed by atoms with Crippen LogP contribution in [0.5, 0.6) is 0 Å². The van der Waals surface area contributed by atoms with E-state index in [1.54, 1.807) is 7.11 Å². The number of carbonyl (C=O) groups is 1. The van der Waals surface area contributed by atoms with Gasteiger partial charge in [0.05, 0.1) is 6.54 Å². The van der Waals surface area contributed by atoms with Crippen LogP contribution in [0.15, 0.2) is 35.9 Å². The van der Waals surface area contributed by atoms with Crippen LogP contribution >= 0.6 is 0 Å². The van der Waals surface area contributed by atoms with Crippen molar-refractivity contribution in [2.24, 2.45) is 0 Å². The summed E-state index contributed by atoms with van der Waals surface area (Å²) in [5.41, 5.74) is 4.55. The lowest BCUT2D eigenvalue weighted by Gasteiger charge is -2.29. The summed E-state index contributed by atoms with van der Waals surface area (Å²) in [5.74, 6) is 1.68. The van der Waals surface area contributed by atoms with Gasteiger partial charge in [-0.15, -0.1) is 0 Å². The molecule has 0 bridgehead atoms. The number of ether oxygens (including phenoxy) is 1. The van der Waals surface area contributed by atoms with Gasteiger partial charge in [0.25, 0.3) is 0 Å². The molecule has 0 radical (unpaired) electrons. The molecule has 6 heteroatoms. The second kappa shape index (κ2) is 10.5. The number of amides is 1. The molecule has 6 nitrogen and oxygen atoms in total. The molecule has 0 unspecified atom stereocenters. The number of carbonyl (C=O) groups excluding carboxylic acids is 1. The molecule has 1 aliphatic heterocycles. The van der Waals surface area contributed by atoms with Crippen molar-refractivity contribution in [3.05, 3.63) is 58.6 Å². The standard InChI is InChI=1S/C24H32N4O2/c1-18(15-20-9-6-5-7-10-20)16-27(3)17-22-25-19(2)21-11-12-23(29)28(24(21)26-22)13-8-14-30-4/h5-7,9-10,15H,8,11-14,16-17H2,1-4H3/b18-15+. The van der Waals surface area contributed by atoms with E-state index in [9.17, 15) is 4.79 Å². The van der Waals surface area contributed by atoms with Crippen molar-refractivity contribution in [1.29, 1.82) is 0 Å². The maximum absolute atomic E-state index is 12.5. The number of nitrogens with zero attached hydrogens (tertiary/aromatic N) is 4. The van der Waals surface area contributed by atoms with E-state index in [1.165, 1.54) is 11.1 Å². The molecule has 1 aromatic heterocycles. The first-order chi connectivity index (χ1) is 14.5. The van der Waals surface area contributed by atoms with E-state index in [2.05, 4.69) is 37.1 Å². The fourth-order valence-corrected chi connectivity index (χ4v) is 3.91. The summed E-state index contributed by atoms with van der Waals surface area (Å²) in [6.45, 7) is 6.88. The molecular weight excluding hydrogens is 376 g/mol. The van der Waals surface area contributed by atoms with Gasteiger partial charge < -0.3 is 4.74 Å². The lowest BCUT2D eigenvalue weighted by atomic mass is 10.0. The molecule has 1 aliphatic rings. The minimum atomic E-state index is 0.137. The fourth-order valence-electron chi connectivity index (χ4n) is 3.91. The highest BCUT2D eigenvalue weighted by Crippen LogP contribution is 2.28. The van der Waals surface area contributed by atoms with Crippen LogP contribution in [0.25, 0.3) is 6.08 Å². The third kappa shape index (κ3) is 5.74. The molecule has 0 N–H and O–H groups in total. The van der Waals surface area contributed by atoms with E-state index in [4.69, 9.17) is 14.7 Å². The summed E-state index contributed by atoms with van der Waals surface area (Å²) in [6.07, 6.45) is 4.23. The Balaban J connectivity index is 1.73. The fraction of sp³-hybridized carbons (Fsp3) is 0.458. The average Bonchev–Trinajstić information content (AvgIpc) is 2.70. The Kier molecular flexibility index (Phi) is 7.71. The van der Waals surface area contributed by atoms with E-state index in [0.29, 0.717) is 26.1 Å². The molecule has 2 heterocycles. The van der Waals surface area contributed by atoms with E-state index >= 15 is 0 Å². The third-order valence-corrected chi connectivity index (χ3v) is 5.26. The summed E-state index contributed by atoms with van der Waals surface area (Å²) in [6, 6.07) is 10.3. The number of anilines is 1. The van der Waals surface area contributed by atoms with E-state index in [1.807, 2.05) is 30.0 Å². The molecule has 1 aromatic carbocycles. The van der Waals surface area contributed by atoms with E-state index in [0.717, 1.165) is 42.3 Å². The summed E-state index contributed by atoms with van der Waals surface area (Å²) < 4.78 is 5.15. The number of hydrogen-bond donors (Lipinski definition) is 0. The molecule has 3 rings (SSSR count). The minimum absolute atomic E-state index is 0.137. The zero-order valence-electron chi connectivity index (χ0n) is 18.5. The lowest BCUT2D eigenvalue weighted by Crippen LogP contribution is -2.38. The van der Waals surface area contributed by atoms with Gasteiger partial charge in [0.15, 0.2) is 0 Å². The van der Waals surface area contributed by atoms with Gasteiger partial charge in [-0.25, -0.2) is 9.97 Å². The Morgan fingerprint density at radius 1 is 1.23 bits per heavy atom. The molecule has 0 atom stereocenters. The summed E-state index contributed by atoms with van der Waals surface area (Å²) in [5, 5.41) is 0. The monoisotopic (exact) mass is 408 g/mol. The van der Waals surface area contributed by atoms with Gasteiger partial charge in [-0.3, -0.25) is 14.6 Å². The Morgan fingerprint density at radius 3 is 2.73 bits per heavy atom. The maximum Gasteiger partial charge on any atom is 0.228 e. The van der Waals surface area contributed by atoms with Gasteiger partial charge in [-0.2, -0.15) is 0 Å². The topological polar surface area (TPSA) is 58.6 Å². The van der Waals surface area contributed by atoms with Crippen LogP contribution in [0.3, 0.4) is 0 Å². The number of aromatic nitrogens is 2. The third-order valence-electron chi connectivity index (χ3n) is 5.26. The zero-order chi connectivity index (χ0) is 21.5. The highest BCUT2D eigenvalue weighted by atomic mass is 16.5. The highest BCUT2D eigenvalue weighted by molar-refractivity contribution is 5.95. The van der Waals surface area contributed by atoms with Crippen molar-refractivity contribution < 1.29 is 9.53 Å². The molecule has 2 aromatic rings. The van der Waals surface area contributed by atoms with Crippen molar-refractivity contribution in [1.82, 2.24) is 14.9 Å².